The molecule has 18 heavy (non-hydrogen) atoms. The summed E-state index contributed by atoms with van der Waals surface area (Å²) >= 11 is 0. The zero-order valence-electron chi connectivity index (χ0n) is 9.90. The number of nitrogens with one attached hydrogen (secondary N) is 1. The van der Waals surface area contributed by atoms with Gasteiger partial charge in [0.1, 0.15) is 5.82 Å². The maximum Gasteiger partial charge on any atom is 0.228 e. The van der Waals surface area contributed by atoms with Gasteiger partial charge < -0.3 is 9.84 Å². The molecule has 0 spiro atoms. The molecule has 0 bridgehead atoms. The summed E-state index contributed by atoms with van der Waals surface area (Å²) in [4.78, 5) is 4.30. The molecular formula is C13H14FN3O. The van der Waals surface area contributed by atoms with Crippen LogP contribution in [-0.2, 0) is 6.42 Å². The minimum atomic E-state index is -0.295. The first kappa shape index (κ1) is 11.3. The molecule has 1 aliphatic rings. The number of nitrogens with zero attached hydrogens (tertiary/aromatic N) is 2. The monoisotopic (exact) mass is 247 g/mol. The normalized spacial score (nSPS) is 19.3. The van der Waals surface area contributed by atoms with Gasteiger partial charge in [0.15, 0.2) is 0 Å². The summed E-state index contributed by atoms with van der Waals surface area (Å²) in [6, 6.07) is 6.63. The van der Waals surface area contributed by atoms with Crippen LogP contribution in [0.25, 0.3) is 11.4 Å². The van der Waals surface area contributed by atoms with Gasteiger partial charge in [-0.25, -0.2) is 4.39 Å². The van der Waals surface area contributed by atoms with Crippen LogP contribution in [0, 0.1) is 5.82 Å². The van der Waals surface area contributed by atoms with Crippen LogP contribution in [0.15, 0.2) is 28.8 Å². The molecule has 1 aromatic carbocycles. The second kappa shape index (κ2) is 4.86. The van der Waals surface area contributed by atoms with Crippen molar-refractivity contribution in [1.29, 1.82) is 0 Å². The Kier molecular flexibility index (Phi) is 3.06. The number of rotatable bonds is 3. The molecule has 1 saturated heterocycles. The Morgan fingerprint density at radius 1 is 1.44 bits per heavy atom. The summed E-state index contributed by atoms with van der Waals surface area (Å²) in [5, 5.41) is 7.26. The molecule has 1 aromatic heterocycles. The van der Waals surface area contributed by atoms with Crippen molar-refractivity contribution in [2.45, 2.75) is 25.3 Å². The summed E-state index contributed by atoms with van der Waals surface area (Å²) in [5.74, 6) is 0.757. The van der Waals surface area contributed by atoms with Crippen LogP contribution >= 0.6 is 0 Å². The maximum absolute atomic E-state index is 13.1. The fourth-order valence-electron chi connectivity index (χ4n) is 2.22. The molecule has 0 radical (unpaired) electrons. The highest BCUT2D eigenvalue weighted by Crippen LogP contribution is 2.18. The van der Waals surface area contributed by atoms with Crippen LogP contribution in [-0.4, -0.2) is 22.7 Å². The topological polar surface area (TPSA) is 51.0 Å². The van der Waals surface area contributed by atoms with Gasteiger partial charge in [-0.05, 0) is 31.5 Å². The fraction of sp³-hybridized carbons (Fsp3) is 0.385. The van der Waals surface area contributed by atoms with Gasteiger partial charge in [0, 0.05) is 18.0 Å². The molecule has 1 N–H and O–H groups in total. The van der Waals surface area contributed by atoms with Crippen molar-refractivity contribution in [1.82, 2.24) is 15.5 Å². The number of hydrogen-bond acceptors (Lipinski definition) is 4. The molecular weight excluding hydrogens is 233 g/mol. The van der Waals surface area contributed by atoms with Crippen molar-refractivity contribution in [3.63, 3.8) is 0 Å². The van der Waals surface area contributed by atoms with Gasteiger partial charge in [-0.15, -0.1) is 0 Å². The van der Waals surface area contributed by atoms with Crippen LogP contribution < -0.4 is 5.32 Å². The Morgan fingerprint density at radius 3 is 3.17 bits per heavy atom. The Labute approximate surface area is 104 Å². The van der Waals surface area contributed by atoms with Gasteiger partial charge in [-0.2, -0.15) is 4.98 Å². The SMILES string of the molecule is Fc1cccc(-c2noc(CC3CCCN3)n2)c1. The van der Waals surface area contributed by atoms with Crippen LogP contribution in [0.3, 0.4) is 0 Å². The van der Waals surface area contributed by atoms with Gasteiger partial charge in [0.25, 0.3) is 0 Å². The fourth-order valence-corrected chi connectivity index (χ4v) is 2.22. The Hall–Kier alpha value is -1.75. The Morgan fingerprint density at radius 2 is 2.39 bits per heavy atom. The molecule has 1 aliphatic heterocycles. The third kappa shape index (κ3) is 2.41. The number of aromatic nitrogens is 2. The van der Waals surface area contributed by atoms with E-state index in [0.29, 0.717) is 23.3 Å². The number of halogens is 1. The molecule has 1 atom stereocenters. The van der Waals surface area contributed by atoms with Crippen molar-refractivity contribution in [2.75, 3.05) is 6.54 Å². The lowest BCUT2D eigenvalue weighted by Crippen LogP contribution is -2.23. The van der Waals surface area contributed by atoms with Crippen LogP contribution in [0.5, 0.6) is 0 Å². The molecule has 0 aliphatic carbocycles. The molecule has 1 fully saturated rings. The van der Waals surface area contributed by atoms with E-state index in [2.05, 4.69) is 15.5 Å². The van der Waals surface area contributed by atoms with Crippen LogP contribution in [0.4, 0.5) is 4.39 Å². The lowest BCUT2D eigenvalue weighted by molar-refractivity contribution is 0.364. The van der Waals surface area contributed by atoms with Gasteiger partial charge in [-0.1, -0.05) is 17.3 Å². The van der Waals surface area contributed by atoms with E-state index in [9.17, 15) is 4.39 Å². The van der Waals surface area contributed by atoms with Crippen molar-refractivity contribution >= 4 is 0 Å². The Bertz CT molecular complexity index is 535. The number of hydrogen-bond donors (Lipinski definition) is 1. The van der Waals surface area contributed by atoms with E-state index in [1.54, 1.807) is 12.1 Å². The smallest absolute Gasteiger partial charge is 0.228 e. The van der Waals surface area contributed by atoms with E-state index in [0.717, 1.165) is 19.4 Å². The van der Waals surface area contributed by atoms with E-state index in [1.165, 1.54) is 18.6 Å². The molecule has 3 rings (SSSR count). The summed E-state index contributed by atoms with van der Waals surface area (Å²) in [7, 11) is 0. The first-order chi connectivity index (χ1) is 8.81. The average Bonchev–Trinajstić information content (AvgIpc) is 3.01. The lowest BCUT2D eigenvalue weighted by Gasteiger charge is -2.04. The minimum absolute atomic E-state index is 0.295. The highest BCUT2D eigenvalue weighted by atomic mass is 19.1. The molecule has 94 valence electrons. The van der Waals surface area contributed by atoms with Gasteiger partial charge in [0.2, 0.25) is 11.7 Å². The quantitative estimate of drug-likeness (QED) is 0.903. The largest absolute Gasteiger partial charge is 0.339 e. The molecule has 5 heteroatoms. The first-order valence-electron chi connectivity index (χ1n) is 6.13. The minimum Gasteiger partial charge on any atom is -0.339 e. The van der Waals surface area contributed by atoms with Crippen molar-refractivity contribution in [3.05, 3.63) is 36.0 Å². The Balaban J connectivity index is 1.76. The van der Waals surface area contributed by atoms with Crippen molar-refractivity contribution in [2.24, 2.45) is 0 Å². The van der Waals surface area contributed by atoms with Gasteiger partial charge in [0.05, 0.1) is 0 Å². The molecule has 2 heterocycles. The number of benzene rings is 1. The van der Waals surface area contributed by atoms with Crippen molar-refractivity contribution in [3.8, 4) is 11.4 Å². The molecule has 0 saturated carbocycles. The highest BCUT2D eigenvalue weighted by molar-refractivity contribution is 5.53. The summed E-state index contributed by atoms with van der Waals surface area (Å²) < 4.78 is 18.3. The first-order valence-corrected chi connectivity index (χ1v) is 6.13. The molecule has 1 unspecified atom stereocenters. The third-order valence-corrected chi connectivity index (χ3v) is 3.13. The predicted molar refractivity (Wildman–Crippen MR) is 64.4 cm³/mol. The zero-order valence-corrected chi connectivity index (χ0v) is 9.90. The van der Waals surface area contributed by atoms with Crippen LogP contribution in [0.1, 0.15) is 18.7 Å². The van der Waals surface area contributed by atoms with E-state index >= 15 is 0 Å². The standard InChI is InChI=1S/C13H14FN3O/c14-10-4-1-3-9(7-10)13-16-12(18-17-13)8-11-5-2-6-15-11/h1,3-4,7,11,15H,2,5-6,8H2. The predicted octanol–water partition coefficient (Wildman–Crippen LogP) is 2.17. The van der Waals surface area contributed by atoms with E-state index in [1.807, 2.05) is 0 Å². The second-order valence-electron chi connectivity index (χ2n) is 4.52. The van der Waals surface area contributed by atoms with Gasteiger partial charge >= 0.3 is 0 Å². The zero-order chi connectivity index (χ0) is 12.4. The van der Waals surface area contributed by atoms with E-state index in [4.69, 9.17) is 4.52 Å². The van der Waals surface area contributed by atoms with Gasteiger partial charge in [-0.3, -0.25) is 0 Å². The third-order valence-electron chi connectivity index (χ3n) is 3.13. The maximum atomic E-state index is 13.1. The van der Waals surface area contributed by atoms with E-state index in [-0.39, 0.29) is 5.82 Å². The van der Waals surface area contributed by atoms with Crippen molar-refractivity contribution < 1.29 is 8.91 Å². The highest BCUT2D eigenvalue weighted by Gasteiger charge is 2.18. The summed E-state index contributed by atoms with van der Waals surface area (Å²) in [5.41, 5.74) is 0.643. The molecule has 2 aromatic rings. The average molecular weight is 247 g/mol. The summed E-state index contributed by atoms with van der Waals surface area (Å²) in [6.45, 7) is 1.05. The van der Waals surface area contributed by atoms with Crippen LogP contribution in [0.2, 0.25) is 0 Å². The molecule has 0 amide bonds. The van der Waals surface area contributed by atoms with E-state index < -0.39 is 0 Å². The molecule has 4 nitrogen and oxygen atoms in total. The lowest BCUT2D eigenvalue weighted by atomic mass is 10.1. The summed E-state index contributed by atoms with van der Waals surface area (Å²) in [6.07, 6.45) is 3.07. The second-order valence-corrected chi connectivity index (χ2v) is 4.52.